The van der Waals surface area contributed by atoms with Crippen LogP contribution in [0.1, 0.15) is 52.9 Å². The van der Waals surface area contributed by atoms with E-state index in [0.29, 0.717) is 0 Å². The molecule has 0 spiro atoms. The van der Waals surface area contributed by atoms with Gasteiger partial charge in [-0.25, -0.2) is 0 Å². The zero-order chi connectivity index (χ0) is 12.4. The molecule has 0 aliphatic rings. The molecular weight excluding hydrogens is 200 g/mol. The Morgan fingerprint density at radius 2 is 2.06 bits per heavy atom. The quantitative estimate of drug-likeness (QED) is 0.391. The summed E-state index contributed by atoms with van der Waals surface area (Å²) in [6.07, 6.45) is 10.3. The van der Waals surface area contributed by atoms with Crippen LogP contribution in [0.5, 0.6) is 0 Å². The summed E-state index contributed by atoms with van der Waals surface area (Å²) in [5, 5.41) is 0. The third kappa shape index (κ3) is 6.96. The Bertz CT molecular complexity index is 314. The van der Waals surface area contributed by atoms with Gasteiger partial charge in [0.2, 0.25) is 0 Å². The molecular formula is C14H20O2. The number of terminal acetylenes is 1. The lowest BCUT2D eigenvalue weighted by molar-refractivity contribution is -0.150. The Balaban J connectivity index is 4.31. The first-order valence-corrected chi connectivity index (χ1v) is 5.71. The Labute approximate surface area is 98.8 Å². The molecule has 0 bridgehead atoms. The molecule has 0 aliphatic heterocycles. The number of rotatable bonds is 6. The molecule has 0 aliphatic carbocycles. The number of hydrogen-bond acceptors (Lipinski definition) is 2. The van der Waals surface area contributed by atoms with Crippen LogP contribution in [0.4, 0.5) is 0 Å². The van der Waals surface area contributed by atoms with Gasteiger partial charge in [-0.2, -0.15) is 0 Å². The molecule has 0 saturated heterocycles. The predicted octanol–water partition coefficient (Wildman–Crippen LogP) is 2.92. The second-order valence-electron chi connectivity index (χ2n) is 4.03. The lowest BCUT2D eigenvalue weighted by Gasteiger charge is -2.23. The molecule has 0 radical (unpaired) electrons. The summed E-state index contributed by atoms with van der Waals surface area (Å²) in [5.74, 6) is 7.29. The number of esters is 1. The standard InChI is InChI=1S/C14H20O2/c1-5-7-9-10-12-14(4,11-8-6-2)16-13(3)15/h2H,5,7,9-10,12H2,1,3-4H3. The van der Waals surface area contributed by atoms with Crippen molar-refractivity contribution in [3.8, 4) is 24.2 Å². The van der Waals surface area contributed by atoms with Crippen molar-refractivity contribution in [3.63, 3.8) is 0 Å². The predicted molar refractivity (Wildman–Crippen MR) is 65.5 cm³/mol. The zero-order valence-electron chi connectivity index (χ0n) is 10.4. The summed E-state index contributed by atoms with van der Waals surface area (Å²) in [7, 11) is 0. The van der Waals surface area contributed by atoms with E-state index in [1.165, 1.54) is 19.8 Å². The van der Waals surface area contributed by atoms with E-state index in [1.54, 1.807) is 0 Å². The molecule has 0 saturated carbocycles. The molecule has 2 heteroatoms. The maximum Gasteiger partial charge on any atom is 0.304 e. The lowest BCUT2D eigenvalue weighted by atomic mass is 9.98. The monoisotopic (exact) mass is 220 g/mol. The number of ether oxygens (including phenoxy) is 1. The van der Waals surface area contributed by atoms with Crippen LogP contribution >= 0.6 is 0 Å². The van der Waals surface area contributed by atoms with Crippen molar-refractivity contribution in [1.29, 1.82) is 0 Å². The van der Waals surface area contributed by atoms with E-state index in [1.807, 2.05) is 6.92 Å². The van der Waals surface area contributed by atoms with Crippen LogP contribution in [0.3, 0.4) is 0 Å². The summed E-state index contributed by atoms with van der Waals surface area (Å²) in [6, 6.07) is 0. The average Bonchev–Trinajstić information content (AvgIpc) is 2.21. The summed E-state index contributed by atoms with van der Waals surface area (Å²) in [6.45, 7) is 5.36. The summed E-state index contributed by atoms with van der Waals surface area (Å²) in [4.78, 5) is 11.0. The Morgan fingerprint density at radius 1 is 1.38 bits per heavy atom. The summed E-state index contributed by atoms with van der Waals surface area (Å²) < 4.78 is 5.21. The fourth-order valence-electron chi connectivity index (χ4n) is 1.51. The van der Waals surface area contributed by atoms with E-state index >= 15 is 0 Å². The van der Waals surface area contributed by atoms with Crippen LogP contribution in [0.25, 0.3) is 0 Å². The fourth-order valence-corrected chi connectivity index (χ4v) is 1.51. The fraction of sp³-hybridized carbons (Fsp3) is 0.643. The SMILES string of the molecule is C#CC#CC(C)(CCCCCC)OC(C)=O. The van der Waals surface area contributed by atoms with Crippen LogP contribution in [-0.2, 0) is 9.53 Å². The Morgan fingerprint density at radius 3 is 2.56 bits per heavy atom. The molecule has 0 fully saturated rings. The number of hydrogen-bond donors (Lipinski definition) is 0. The molecule has 16 heavy (non-hydrogen) atoms. The first-order valence-electron chi connectivity index (χ1n) is 5.71. The maximum atomic E-state index is 11.0. The van der Waals surface area contributed by atoms with Gasteiger partial charge < -0.3 is 4.74 Å². The first kappa shape index (κ1) is 14.6. The van der Waals surface area contributed by atoms with Crippen LogP contribution in [0, 0.1) is 24.2 Å². The second-order valence-corrected chi connectivity index (χ2v) is 4.03. The molecule has 0 N–H and O–H groups in total. The van der Waals surface area contributed by atoms with Crippen molar-refractivity contribution in [3.05, 3.63) is 0 Å². The normalized spacial score (nSPS) is 12.9. The molecule has 88 valence electrons. The van der Waals surface area contributed by atoms with E-state index in [-0.39, 0.29) is 5.97 Å². The molecule has 1 atom stereocenters. The van der Waals surface area contributed by atoms with Crippen LogP contribution < -0.4 is 0 Å². The summed E-state index contributed by atoms with van der Waals surface area (Å²) >= 11 is 0. The van der Waals surface area contributed by atoms with E-state index in [2.05, 4.69) is 24.7 Å². The number of carbonyl (C=O) groups excluding carboxylic acids is 1. The smallest absolute Gasteiger partial charge is 0.304 e. The van der Waals surface area contributed by atoms with E-state index in [9.17, 15) is 4.79 Å². The van der Waals surface area contributed by atoms with Gasteiger partial charge in [-0.15, -0.1) is 6.42 Å². The largest absolute Gasteiger partial charge is 0.446 e. The number of carbonyl (C=O) groups is 1. The topological polar surface area (TPSA) is 26.3 Å². The summed E-state index contributed by atoms with van der Waals surface area (Å²) in [5.41, 5.74) is -0.730. The molecule has 0 heterocycles. The van der Waals surface area contributed by atoms with Gasteiger partial charge in [-0.3, -0.25) is 4.79 Å². The minimum atomic E-state index is -0.730. The van der Waals surface area contributed by atoms with Crippen LogP contribution in [0.2, 0.25) is 0 Å². The van der Waals surface area contributed by atoms with Gasteiger partial charge in [-0.05, 0) is 37.5 Å². The van der Waals surface area contributed by atoms with E-state index in [0.717, 1.165) is 19.3 Å². The van der Waals surface area contributed by atoms with Crippen molar-refractivity contribution < 1.29 is 9.53 Å². The van der Waals surface area contributed by atoms with E-state index in [4.69, 9.17) is 11.2 Å². The Hall–Kier alpha value is -1.41. The van der Waals surface area contributed by atoms with Gasteiger partial charge in [0, 0.05) is 6.92 Å². The lowest BCUT2D eigenvalue weighted by Crippen LogP contribution is -2.29. The molecule has 0 aromatic heterocycles. The van der Waals surface area contributed by atoms with Crippen molar-refractivity contribution in [2.75, 3.05) is 0 Å². The molecule has 0 amide bonds. The third-order valence-electron chi connectivity index (χ3n) is 2.28. The highest BCUT2D eigenvalue weighted by atomic mass is 16.6. The molecule has 2 nitrogen and oxygen atoms in total. The first-order chi connectivity index (χ1) is 7.54. The van der Waals surface area contributed by atoms with Gasteiger partial charge in [-0.1, -0.05) is 26.2 Å². The Kier molecular flexibility index (Phi) is 7.14. The van der Waals surface area contributed by atoms with Crippen molar-refractivity contribution in [2.24, 2.45) is 0 Å². The van der Waals surface area contributed by atoms with Crippen molar-refractivity contribution in [2.45, 2.75) is 58.5 Å². The third-order valence-corrected chi connectivity index (χ3v) is 2.28. The second kappa shape index (κ2) is 7.83. The average molecular weight is 220 g/mol. The van der Waals surface area contributed by atoms with Crippen LogP contribution in [-0.4, -0.2) is 11.6 Å². The van der Waals surface area contributed by atoms with Crippen molar-refractivity contribution >= 4 is 5.97 Å². The number of unbranched alkanes of at least 4 members (excludes halogenated alkanes) is 3. The van der Waals surface area contributed by atoms with Crippen LogP contribution in [0.15, 0.2) is 0 Å². The molecule has 0 aromatic rings. The highest BCUT2D eigenvalue weighted by Gasteiger charge is 2.24. The molecule has 1 unspecified atom stereocenters. The van der Waals surface area contributed by atoms with E-state index < -0.39 is 5.60 Å². The highest BCUT2D eigenvalue weighted by molar-refractivity contribution is 5.67. The highest BCUT2D eigenvalue weighted by Crippen LogP contribution is 2.19. The van der Waals surface area contributed by atoms with Gasteiger partial charge in [0.15, 0.2) is 5.60 Å². The zero-order valence-corrected chi connectivity index (χ0v) is 10.4. The van der Waals surface area contributed by atoms with Gasteiger partial charge in [0.1, 0.15) is 0 Å². The maximum absolute atomic E-state index is 11.0. The van der Waals surface area contributed by atoms with Gasteiger partial charge >= 0.3 is 5.97 Å². The minimum absolute atomic E-state index is 0.315. The minimum Gasteiger partial charge on any atom is -0.446 e. The van der Waals surface area contributed by atoms with Gasteiger partial charge in [0.25, 0.3) is 0 Å². The molecule has 0 aromatic carbocycles. The van der Waals surface area contributed by atoms with Gasteiger partial charge in [0.05, 0.1) is 0 Å². The molecule has 0 rings (SSSR count). The van der Waals surface area contributed by atoms with Crippen molar-refractivity contribution in [1.82, 2.24) is 0 Å².